The summed E-state index contributed by atoms with van der Waals surface area (Å²) < 4.78 is 9.84. The highest BCUT2D eigenvalue weighted by Crippen LogP contribution is 2.24. The Morgan fingerprint density at radius 2 is 2.14 bits per heavy atom. The molecule has 0 fully saturated rings. The molecular formula is C13H12N2O6. The summed E-state index contributed by atoms with van der Waals surface area (Å²) in [4.78, 5) is 22.4. The molecule has 1 heterocycles. The van der Waals surface area contributed by atoms with Crippen molar-refractivity contribution in [3.8, 4) is 11.6 Å². The maximum absolute atomic E-state index is 11.6. The van der Waals surface area contributed by atoms with Gasteiger partial charge in [0.2, 0.25) is 0 Å². The van der Waals surface area contributed by atoms with Gasteiger partial charge < -0.3 is 24.8 Å². The molecule has 0 aliphatic rings. The van der Waals surface area contributed by atoms with Crippen molar-refractivity contribution < 1.29 is 29.1 Å². The summed E-state index contributed by atoms with van der Waals surface area (Å²) in [7, 11) is 0. The zero-order chi connectivity index (χ0) is 15.4. The Labute approximate surface area is 118 Å². The van der Waals surface area contributed by atoms with Gasteiger partial charge in [-0.15, -0.1) is 0 Å². The molecule has 0 spiro atoms. The van der Waals surface area contributed by atoms with E-state index in [-0.39, 0.29) is 29.5 Å². The van der Waals surface area contributed by atoms with Gasteiger partial charge in [0.05, 0.1) is 11.3 Å². The standard InChI is InChI=1S/C13H12N2O6/c1-7-4-12(15-21-7)20-6-11(17)14-9-3-2-8(13(18)19)5-10(9)16/h2-5,16H,6H2,1H3,(H,14,17)(H,18,19). The van der Waals surface area contributed by atoms with Crippen molar-refractivity contribution in [1.29, 1.82) is 0 Å². The molecule has 0 atom stereocenters. The Balaban J connectivity index is 1.94. The number of aromatic hydroxyl groups is 1. The van der Waals surface area contributed by atoms with Gasteiger partial charge in [-0.2, -0.15) is 0 Å². The van der Waals surface area contributed by atoms with E-state index in [4.69, 9.17) is 14.4 Å². The molecule has 0 unspecified atom stereocenters. The number of aryl methyl sites for hydroxylation is 1. The van der Waals surface area contributed by atoms with Crippen molar-refractivity contribution in [3.05, 3.63) is 35.6 Å². The highest BCUT2D eigenvalue weighted by atomic mass is 16.5. The molecule has 8 heteroatoms. The third kappa shape index (κ3) is 3.72. The summed E-state index contributed by atoms with van der Waals surface area (Å²) in [6, 6.07) is 5.11. The molecule has 8 nitrogen and oxygen atoms in total. The van der Waals surface area contributed by atoms with Crippen molar-refractivity contribution in [2.45, 2.75) is 6.92 Å². The Hall–Kier alpha value is -3.03. The Morgan fingerprint density at radius 1 is 1.38 bits per heavy atom. The van der Waals surface area contributed by atoms with E-state index < -0.39 is 11.9 Å². The lowest BCUT2D eigenvalue weighted by atomic mass is 10.2. The van der Waals surface area contributed by atoms with Crippen molar-refractivity contribution in [2.24, 2.45) is 0 Å². The van der Waals surface area contributed by atoms with Gasteiger partial charge in [-0.05, 0) is 30.3 Å². The van der Waals surface area contributed by atoms with E-state index >= 15 is 0 Å². The number of ether oxygens (including phenoxy) is 1. The maximum Gasteiger partial charge on any atom is 0.335 e. The number of aromatic nitrogens is 1. The molecule has 1 aromatic carbocycles. The summed E-state index contributed by atoms with van der Waals surface area (Å²) in [5.41, 5.74) is 0.00440. The molecule has 0 aliphatic heterocycles. The molecule has 1 amide bonds. The molecule has 0 radical (unpaired) electrons. The van der Waals surface area contributed by atoms with Crippen molar-refractivity contribution in [1.82, 2.24) is 5.16 Å². The summed E-state index contributed by atoms with van der Waals surface area (Å²) in [6.45, 7) is 1.36. The lowest BCUT2D eigenvalue weighted by molar-refractivity contribution is -0.118. The number of nitrogens with one attached hydrogen (secondary N) is 1. The van der Waals surface area contributed by atoms with Crippen molar-refractivity contribution >= 4 is 17.6 Å². The maximum atomic E-state index is 11.6. The molecule has 110 valence electrons. The largest absolute Gasteiger partial charge is 0.506 e. The second kappa shape index (κ2) is 5.95. The lowest BCUT2D eigenvalue weighted by Crippen LogP contribution is -2.20. The third-order valence-corrected chi connectivity index (χ3v) is 2.48. The Bertz CT molecular complexity index is 679. The van der Waals surface area contributed by atoms with Gasteiger partial charge >= 0.3 is 5.97 Å². The zero-order valence-electron chi connectivity index (χ0n) is 11.0. The number of amides is 1. The number of rotatable bonds is 5. The molecule has 0 aliphatic carbocycles. The zero-order valence-corrected chi connectivity index (χ0v) is 11.0. The average molecular weight is 292 g/mol. The van der Waals surface area contributed by atoms with E-state index in [1.54, 1.807) is 6.92 Å². The van der Waals surface area contributed by atoms with Crippen LogP contribution in [0.3, 0.4) is 0 Å². The molecule has 0 saturated heterocycles. The van der Waals surface area contributed by atoms with Crippen molar-refractivity contribution in [3.63, 3.8) is 0 Å². The van der Waals surface area contributed by atoms with Crippen LogP contribution in [0.25, 0.3) is 0 Å². The molecule has 2 rings (SSSR count). The van der Waals surface area contributed by atoms with Gasteiger partial charge in [-0.25, -0.2) is 4.79 Å². The van der Waals surface area contributed by atoms with Crippen LogP contribution in [0, 0.1) is 6.92 Å². The van der Waals surface area contributed by atoms with Crippen LogP contribution in [0.1, 0.15) is 16.1 Å². The molecule has 21 heavy (non-hydrogen) atoms. The number of phenols is 1. The van der Waals surface area contributed by atoms with Crippen LogP contribution in [-0.4, -0.2) is 33.9 Å². The van der Waals surface area contributed by atoms with E-state index in [0.29, 0.717) is 5.76 Å². The number of phenolic OH excluding ortho intramolecular Hbond substituents is 1. The minimum Gasteiger partial charge on any atom is -0.506 e. The van der Waals surface area contributed by atoms with Gasteiger partial charge in [-0.1, -0.05) is 0 Å². The Morgan fingerprint density at radius 3 is 2.71 bits per heavy atom. The minimum absolute atomic E-state index is 0.0835. The monoisotopic (exact) mass is 292 g/mol. The lowest BCUT2D eigenvalue weighted by Gasteiger charge is -2.08. The fourth-order valence-electron chi connectivity index (χ4n) is 1.51. The number of hydrogen-bond donors (Lipinski definition) is 3. The highest BCUT2D eigenvalue weighted by Gasteiger charge is 2.11. The molecule has 0 bridgehead atoms. The first-order valence-electron chi connectivity index (χ1n) is 5.88. The van der Waals surface area contributed by atoms with Gasteiger partial charge in [0.25, 0.3) is 11.8 Å². The molecule has 0 saturated carbocycles. The second-order valence-corrected chi connectivity index (χ2v) is 4.15. The van der Waals surface area contributed by atoms with Crippen LogP contribution >= 0.6 is 0 Å². The number of aromatic carboxylic acids is 1. The summed E-state index contributed by atoms with van der Waals surface area (Å²) in [5.74, 6) is -1.33. The molecule has 3 N–H and O–H groups in total. The minimum atomic E-state index is -1.17. The van der Waals surface area contributed by atoms with Crippen LogP contribution in [0.4, 0.5) is 5.69 Å². The number of anilines is 1. The van der Waals surface area contributed by atoms with Gasteiger partial charge in [-0.3, -0.25) is 4.79 Å². The quantitative estimate of drug-likeness (QED) is 0.712. The number of nitrogens with zero attached hydrogens (tertiary/aromatic N) is 1. The van der Waals surface area contributed by atoms with Crippen LogP contribution in [0.5, 0.6) is 11.6 Å². The molecule has 1 aromatic heterocycles. The number of carbonyl (C=O) groups excluding carboxylic acids is 1. The van der Waals surface area contributed by atoms with E-state index in [0.717, 1.165) is 6.07 Å². The topological polar surface area (TPSA) is 122 Å². The fourth-order valence-corrected chi connectivity index (χ4v) is 1.51. The third-order valence-electron chi connectivity index (χ3n) is 2.48. The number of hydrogen-bond acceptors (Lipinski definition) is 6. The highest BCUT2D eigenvalue weighted by molar-refractivity contribution is 5.95. The summed E-state index contributed by atoms with van der Waals surface area (Å²) >= 11 is 0. The predicted molar refractivity (Wildman–Crippen MR) is 70.4 cm³/mol. The SMILES string of the molecule is Cc1cc(OCC(=O)Nc2ccc(C(=O)O)cc2O)no1. The fraction of sp³-hybridized carbons (Fsp3) is 0.154. The van der Waals surface area contributed by atoms with Crippen LogP contribution < -0.4 is 10.1 Å². The van der Waals surface area contributed by atoms with E-state index in [1.807, 2.05) is 0 Å². The predicted octanol–water partition coefficient (Wildman–Crippen LogP) is 1.40. The number of carbonyl (C=O) groups is 2. The second-order valence-electron chi connectivity index (χ2n) is 4.15. The first-order chi connectivity index (χ1) is 9.95. The van der Waals surface area contributed by atoms with E-state index in [9.17, 15) is 14.7 Å². The smallest absolute Gasteiger partial charge is 0.335 e. The van der Waals surface area contributed by atoms with E-state index in [1.165, 1.54) is 18.2 Å². The van der Waals surface area contributed by atoms with Crippen LogP contribution in [-0.2, 0) is 4.79 Å². The first-order valence-corrected chi connectivity index (χ1v) is 5.88. The molecular weight excluding hydrogens is 280 g/mol. The number of carboxylic acid groups (broad SMARTS) is 1. The number of carboxylic acids is 1. The van der Waals surface area contributed by atoms with Gasteiger partial charge in [0, 0.05) is 6.07 Å². The molecule has 2 aromatic rings. The Kier molecular flexibility index (Phi) is 4.07. The van der Waals surface area contributed by atoms with Gasteiger partial charge in [0.15, 0.2) is 6.61 Å². The van der Waals surface area contributed by atoms with Crippen molar-refractivity contribution in [2.75, 3.05) is 11.9 Å². The summed E-state index contributed by atoms with van der Waals surface area (Å²) in [5, 5.41) is 24.3. The first kappa shape index (κ1) is 14.4. The van der Waals surface area contributed by atoms with E-state index in [2.05, 4.69) is 10.5 Å². The van der Waals surface area contributed by atoms with Crippen LogP contribution in [0.15, 0.2) is 28.8 Å². The number of benzene rings is 1. The average Bonchev–Trinajstić information content (AvgIpc) is 2.84. The summed E-state index contributed by atoms with van der Waals surface area (Å²) in [6.07, 6.45) is 0. The normalized spacial score (nSPS) is 10.1. The van der Waals surface area contributed by atoms with Gasteiger partial charge in [0.1, 0.15) is 11.5 Å². The van der Waals surface area contributed by atoms with Crippen LogP contribution in [0.2, 0.25) is 0 Å².